The Hall–Kier alpha value is -3.22. The molecule has 0 bridgehead atoms. The number of halogens is 2. The molecule has 2 aliphatic carbocycles. The number of nitriles is 1. The molecule has 3 aromatic rings. The molecule has 3 aliphatic rings. The van der Waals surface area contributed by atoms with Crippen LogP contribution in [0.1, 0.15) is 57.4 Å². The molecule has 1 atom stereocenters. The van der Waals surface area contributed by atoms with Crippen molar-refractivity contribution in [1.82, 2.24) is 29.6 Å². The summed E-state index contributed by atoms with van der Waals surface area (Å²) < 4.78 is 57.2. The number of sulfonamides is 1. The Bertz CT molecular complexity index is 1640. The Morgan fingerprint density at radius 1 is 1.25 bits per heavy atom. The van der Waals surface area contributed by atoms with Crippen molar-refractivity contribution in [3.8, 4) is 11.2 Å². The lowest BCUT2D eigenvalue weighted by Gasteiger charge is -2.42. The van der Waals surface area contributed by atoms with Crippen LogP contribution in [0.15, 0.2) is 23.2 Å². The monoisotopic (exact) mass is 590 g/mol. The second-order valence-corrected chi connectivity index (χ2v) is 13.6. The second kappa shape index (κ2) is 9.42. The highest BCUT2D eigenvalue weighted by Crippen LogP contribution is 2.50. The summed E-state index contributed by atoms with van der Waals surface area (Å²) in [6.45, 7) is 5.46. The number of nitrogens with zero attached hydrogens (tertiary/aromatic N) is 7. The van der Waals surface area contributed by atoms with Crippen molar-refractivity contribution in [2.75, 3.05) is 24.5 Å². The van der Waals surface area contributed by atoms with Crippen molar-refractivity contribution in [2.45, 2.75) is 68.9 Å². The van der Waals surface area contributed by atoms with E-state index in [1.54, 1.807) is 12.3 Å². The minimum absolute atomic E-state index is 0.0764. The predicted molar refractivity (Wildman–Crippen MR) is 143 cm³/mol. The summed E-state index contributed by atoms with van der Waals surface area (Å²) >= 11 is 0.668. The highest BCUT2D eigenvalue weighted by molar-refractivity contribution is 7.89. The fourth-order valence-corrected chi connectivity index (χ4v) is 7.47. The Balaban J connectivity index is 1.40. The van der Waals surface area contributed by atoms with Crippen molar-refractivity contribution >= 4 is 43.9 Å². The maximum atomic E-state index is 13.5. The Labute approximate surface area is 233 Å². The summed E-state index contributed by atoms with van der Waals surface area (Å²) in [5.41, 5.74) is -0.438. The van der Waals surface area contributed by atoms with Gasteiger partial charge < -0.3 is 9.80 Å². The molecule has 1 N–H and O–H groups in total. The van der Waals surface area contributed by atoms with Gasteiger partial charge in [-0.15, -0.1) is 10.2 Å². The summed E-state index contributed by atoms with van der Waals surface area (Å²) in [7, 11) is -4.11. The van der Waals surface area contributed by atoms with Crippen LogP contribution in [0, 0.1) is 16.7 Å². The zero-order valence-electron chi connectivity index (χ0n) is 22.0. The molecule has 6 rings (SSSR count). The van der Waals surface area contributed by atoms with Crippen molar-refractivity contribution in [3.63, 3.8) is 0 Å². The fourth-order valence-electron chi connectivity index (χ4n) is 5.38. The maximum absolute atomic E-state index is 13.5. The summed E-state index contributed by atoms with van der Waals surface area (Å²) in [5.74, 6) is 0.179. The highest BCUT2D eigenvalue weighted by atomic mass is 32.2. The lowest BCUT2D eigenvalue weighted by molar-refractivity contribution is -0.139. The minimum Gasteiger partial charge on any atom is -0.367 e. The van der Waals surface area contributed by atoms with Crippen LogP contribution in [0.5, 0.6) is 0 Å². The van der Waals surface area contributed by atoms with Crippen molar-refractivity contribution < 1.29 is 22.0 Å². The third-order valence-electron chi connectivity index (χ3n) is 8.26. The molecule has 3 heterocycles. The van der Waals surface area contributed by atoms with Crippen LogP contribution in [-0.2, 0) is 14.8 Å². The first kappa shape index (κ1) is 27.0. The number of piperazine rings is 1. The molecule has 11 nitrogen and oxygen atoms in total. The van der Waals surface area contributed by atoms with E-state index in [1.807, 2.05) is 29.7 Å². The molecule has 2 aromatic heterocycles. The van der Waals surface area contributed by atoms with Gasteiger partial charge in [-0.2, -0.15) is 15.1 Å². The standard InChI is InChI=1S/C25H28F2N8O3S2/c1-3-24(4-5-24)22(36)34-9-8-33(13-15(34)2)18-10-16(40(37,38)32-25(14-28)6-7-25)11-19-17(18)12-29-35(19)23-31-30-21(39-23)20(26)27/h10-12,15,20,32H,3-9,13H2,1-2H3/t15-/m1/s1. The molecular weight excluding hydrogens is 562 g/mol. The van der Waals surface area contributed by atoms with E-state index < -0.39 is 27.0 Å². The van der Waals surface area contributed by atoms with Crippen molar-refractivity contribution in [3.05, 3.63) is 23.3 Å². The number of alkyl halides is 2. The van der Waals surface area contributed by atoms with Crippen molar-refractivity contribution in [1.29, 1.82) is 5.26 Å². The molecule has 0 spiro atoms. The Kier molecular flexibility index (Phi) is 6.35. The van der Waals surface area contributed by atoms with E-state index in [0.29, 0.717) is 60.4 Å². The van der Waals surface area contributed by atoms with Crippen LogP contribution in [-0.4, -0.2) is 70.4 Å². The number of anilines is 1. The van der Waals surface area contributed by atoms with Gasteiger partial charge in [0.05, 0.1) is 22.7 Å². The SMILES string of the molecule is CCC1(C(=O)N2CCN(c3cc(S(=O)(=O)NC4(C#N)CC4)cc4c3cnn4-c3nnc(C(F)F)s3)C[C@H]2C)CC1. The van der Waals surface area contributed by atoms with Gasteiger partial charge in [-0.05, 0) is 51.2 Å². The topological polar surface area (TPSA) is 137 Å². The van der Waals surface area contributed by atoms with Gasteiger partial charge in [0.1, 0.15) is 5.54 Å². The molecule has 40 heavy (non-hydrogen) atoms. The average molecular weight is 591 g/mol. The normalized spacial score (nSPS) is 21.6. The smallest absolute Gasteiger partial charge is 0.291 e. The number of rotatable bonds is 8. The van der Waals surface area contributed by atoms with E-state index in [9.17, 15) is 27.3 Å². The summed E-state index contributed by atoms with van der Waals surface area (Å²) in [4.78, 5) is 17.1. The number of hydrogen-bond donors (Lipinski definition) is 1. The molecule has 1 aliphatic heterocycles. The van der Waals surface area contributed by atoms with Crippen LogP contribution >= 0.6 is 11.3 Å². The van der Waals surface area contributed by atoms with Crippen LogP contribution in [0.25, 0.3) is 16.0 Å². The van der Waals surface area contributed by atoms with E-state index in [1.165, 1.54) is 10.7 Å². The first-order valence-electron chi connectivity index (χ1n) is 13.2. The third kappa shape index (κ3) is 4.51. The van der Waals surface area contributed by atoms with Crippen LogP contribution < -0.4 is 9.62 Å². The van der Waals surface area contributed by atoms with Gasteiger partial charge >= 0.3 is 0 Å². The number of aromatic nitrogens is 4. The van der Waals surface area contributed by atoms with Crippen LogP contribution in [0.2, 0.25) is 0 Å². The van der Waals surface area contributed by atoms with Crippen LogP contribution in [0.3, 0.4) is 0 Å². The average Bonchev–Trinajstić information content (AvgIpc) is 3.79. The zero-order chi connectivity index (χ0) is 28.4. The van der Waals surface area contributed by atoms with Crippen LogP contribution in [0.4, 0.5) is 14.5 Å². The van der Waals surface area contributed by atoms with Gasteiger partial charge in [-0.3, -0.25) is 4.79 Å². The molecule has 1 saturated heterocycles. The number of benzene rings is 1. The molecule has 0 radical (unpaired) electrons. The van der Waals surface area contributed by atoms with E-state index in [0.717, 1.165) is 19.3 Å². The van der Waals surface area contributed by atoms with Gasteiger partial charge in [-0.25, -0.2) is 21.9 Å². The van der Waals surface area contributed by atoms with E-state index in [4.69, 9.17) is 0 Å². The maximum Gasteiger partial charge on any atom is 0.291 e. The second-order valence-electron chi connectivity index (χ2n) is 10.9. The fraction of sp³-hybridized carbons (Fsp3) is 0.560. The number of fused-ring (bicyclic) bond motifs is 1. The molecular formula is C25H28F2N8O3S2. The van der Waals surface area contributed by atoms with Gasteiger partial charge in [-0.1, -0.05) is 18.3 Å². The molecule has 15 heteroatoms. The Morgan fingerprint density at radius 3 is 2.58 bits per heavy atom. The van der Waals surface area contributed by atoms with Gasteiger partial charge in [0, 0.05) is 42.2 Å². The molecule has 0 unspecified atom stereocenters. The predicted octanol–water partition coefficient (Wildman–Crippen LogP) is 3.38. The minimum atomic E-state index is -4.11. The lowest BCUT2D eigenvalue weighted by Crippen LogP contribution is -2.55. The lowest BCUT2D eigenvalue weighted by atomic mass is 9.99. The Morgan fingerprint density at radius 2 is 2.00 bits per heavy atom. The first-order valence-corrected chi connectivity index (χ1v) is 15.5. The number of nitrogens with one attached hydrogen (secondary N) is 1. The molecule has 2 saturated carbocycles. The van der Waals surface area contributed by atoms with E-state index in [2.05, 4.69) is 20.0 Å². The van der Waals surface area contributed by atoms with Gasteiger partial charge in [0.2, 0.25) is 21.1 Å². The van der Waals surface area contributed by atoms with E-state index >= 15 is 0 Å². The van der Waals surface area contributed by atoms with Crippen molar-refractivity contribution in [2.24, 2.45) is 5.41 Å². The number of amides is 1. The number of hydrogen-bond acceptors (Lipinski definition) is 9. The first-order chi connectivity index (χ1) is 19.0. The molecule has 212 valence electrons. The molecule has 3 fully saturated rings. The zero-order valence-corrected chi connectivity index (χ0v) is 23.6. The van der Waals surface area contributed by atoms with Gasteiger partial charge in [0.15, 0.2) is 5.01 Å². The summed E-state index contributed by atoms with van der Waals surface area (Å²) in [6, 6.07) is 4.88. The summed E-state index contributed by atoms with van der Waals surface area (Å²) in [5, 5.41) is 21.4. The number of carbonyl (C=O) groups excluding carboxylic acids is 1. The largest absolute Gasteiger partial charge is 0.367 e. The number of carbonyl (C=O) groups is 1. The van der Waals surface area contributed by atoms with E-state index in [-0.39, 0.29) is 27.4 Å². The third-order valence-corrected chi connectivity index (χ3v) is 10.7. The summed E-state index contributed by atoms with van der Waals surface area (Å²) in [6.07, 6.45) is 2.22. The molecule has 1 aromatic carbocycles. The quantitative estimate of drug-likeness (QED) is 0.422. The van der Waals surface area contributed by atoms with Gasteiger partial charge in [0.25, 0.3) is 6.43 Å². The molecule has 1 amide bonds. The highest BCUT2D eigenvalue weighted by Gasteiger charge is 2.51.